The van der Waals surface area contributed by atoms with E-state index in [1.165, 1.54) is 0 Å². The van der Waals surface area contributed by atoms with Gasteiger partial charge in [0.15, 0.2) is 5.25 Å². The van der Waals surface area contributed by atoms with E-state index in [4.69, 9.17) is 10.3 Å². The van der Waals surface area contributed by atoms with Crippen LogP contribution in [0.3, 0.4) is 0 Å². The van der Waals surface area contributed by atoms with E-state index in [-0.39, 0.29) is 75.1 Å². The molecule has 0 aliphatic rings. The Balaban J connectivity index is -0.000000187. The molecule has 0 rings (SSSR count). The van der Waals surface area contributed by atoms with Gasteiger partial charge in [-0.2, -0.15) is 14.3 Å². The molecule has 18 heavy (non-hydrogen) atoms. The van der Waals surface area contributed by atoms with Gasteiger partial charge in [-0.25, -0.2) is 0 Å². The molecule has 0 saturated carbocycles. The standard InChI is InChI=1S/C6H12N2O7S.2Na.2H/c7-1-2-14-6(10)4(16(11,12)13)3-5(9)15-8;;;;/h4H,1-3,7-8H2,(H,11,12,13);;;;/q;2*+1;2*-1. The Hall–Kier alpha value is 0.770. The fourth-order valence-corrected chi connectivity index (χ4v) is 1.42. The van der Waals surface area contributed by atoms with Gasteiger partial charge in [0.1, 0.15) is 6.61 Å². The van der Waals surface area contributed by atoms with Crippen molar-refractivity contribution in [2.75, 3.05) is 13.2 Å². The van der Waals surface area contributed by atoms with Crippen molar-refractivity contribution < 1.29 is 94.1 Å². The fourth-order valence-electron chi connectivity index (χ4n) is 0.762. The Labute approximate surface area is 151 Å². The molecule has 1 unspecified atom stereocenters. The third-order valence-corrected chi connectivity index (χ3v) is 2.55. The minimum Gasteiger partial charge on any atom is -1.00 e. The van der Waals surface area contributed by atoms with Crippen molar-refractivity contribution in [2.45, 2.75) is 11.7 Å². The monoisotopic (exact) mass is 304 g/mol. The van der Waals surface area contributed by atoms with Crippen molar-refractivity contribution >= 4 is 22.1 Å². The topological polar surface area (TPSA) is 159 Å². The molecule has 5 N–H and O–H groups in total. The Morgan fingerprint density at radius 2 is 1.83 bits per heavy atom. The summed E-state index contributed by atoms with van der Waals surface area (Å²) >= 11 is 0. The van der Waals surface area contributed by atoms with Crippen LogP contribution < -0.4 is 70.7 Å². The number of hydrogen-bond donors (Lipinski definition) is 3. The van der Waals surface area contributed by atoms with Crippen LogP contribution >= 0.6 is 0 Å². The van der Waals surface area contributed by atoms with Crippen LogP contribution in [0.25, 0.3) is 0 Å². The summed E-state index contributed by atoms with van der Waals surface area (Å²) < 4.78 is 34.6. The summed E-state index contributed by atoms with van der Waals surface area (Å²) in [6.07, 6.45) is -0.932. The first-order valence-corrected chi connectivity index (χ1v) is 5.55. The predicted octanol–water partition coefficient (Wildman–Crippen LogP) is -8.22. The Morgan fingerprint density at radius 3 is 2.17 bits per heavy atom. The minimum absolute atomic E-state index is 0. The molecule has 1 atom stereocenters. The van der Waals surface area contributed by atoms with Gasteiger partial charge in [-0.05, 0) is 0 Å². The van der Waals surface area contributed by atoms with Crippen molar-refractivity contribution in [1.29, 1.82) is 0 Å². The zero-order chi connectivity index (χ0) is 12.8. The van der Waals surface area contributed by atoms with E-state index in [2.05, 4.69) is 15.5 Å². The molecule has 0 aliphatic carbocycles. The Morgan fingerprint density at radius 1 is 1.33 bits per heavy atom. The third kappa shape index (κ3) is 9.67. The molecule has 0 aromatic heterocycles. The molecule has 0 fully saturated rings. The maximum absolute atomic E-state index is 11.1. The van der Waals surface area contributed by atoms with E-state index >= 15 is 0 Å². The average molecular weight is 304 g/mol. The molecule has 12 heteroatoms. The largest absolute Gasteiger partial charge is 1.00 e. The van der Waals surface area contributed by atoms with Crippen LogP contribution in [0.2, 0.25) is 0 Å². The number of carbonyl (C=O) groups is 2. The number of nitrogens with two attached hydrogens (primary N) is 2. The van der Waals surface area contributed by atoms with Crippen LogP contribution in [0.5, 0.6) is 0 Å². The molecule has 0 spiro atoms. The van der Waals surface area contributed by atoms with Gasteiger partial charge < -0.3 is 18.2 Å². The zero-order valence-corrected chi connectivity index (χ0v) is 15.0. The third-order valence-electron chi connectivity index (χ3n) is 1.47. The van der Waals surface area contributed by atoms with Gasteiger partial charge in [-0.15, -0.1) is 0 Å². The first kappa shape index (κ1) is 23.8. The zero-order valence-electron chi connectivity index (χ0n) is 12.2. The summed E-state index contributed by atoms with van der Waals surface area (Å²) in [6.45, 7) is -0.256. The molecule has 0 amide bonds. The molecule has 9 nitrogen and oxygen atoms in total. The van der Waals surface area contributed by atoms with Crippen molar-refractivity contribution in [1.82, 2.24) is 0 Å². The normalized spacial score (nSPS) is 11.5. The fraction of sp³-hybridized carbons (Fsp3) is 0.667. The Kier molecular flexibility index (Phi) is 15.3. The molecule has 98 valence electrons. The minimum atomic E-state index is -4.77. The van der Waals surface area contributed by atoms with E-state index in [0.717, 1.165) is 0 Å². The summed E-state index contributed by atoms with van der Waals surface area (Å²) in [7, 11) is -4.77. The van der Waals surface area contributed by atoms with E-state index in [0.29, 0.717) is 0 Å². The number of carbonyl (C=O) groups excluding carboxylic acids is 2. The summed E-state index contributed by atoms with van der Waals surface area (Å²) in [6, 6.07) is 0. The molecule has 0 aromatic rings. The van der Waals surface area contributed by atoms with E-state index in [1.807, 2.05) is 0 Å². The second-order valence-electron chi connectivity index (χ2n) is 2.65. The molecular weight excluding hydrogens is 290 g/mol. The summed E-state index contributed by atoms with van der Waals surface area (Å²) in [5, 5.41) is -2.06. The molecule has 0 heterocycles. The molecular formula is C6H14N2Na2O7S. The maximum Gasteiger partial charge on any atom is 1.00 e. The number of rotatable bonds is 6. The van der Waals surface area contributed by atoms with E-state index < -0.39 is 33.7 Å². The van der Waals surface area contributed by atoms with Crippen LogP contribution in [0.1, 0.15) is 9.27 Å². The Bertz CT molecular complexity index is 370. The molecule has 0 radical (unpaired) electrons. The first-order valence-electron chi connectivity index (χ1n) is 4.05. The number of ether oxygens (including phenoxy) is 1. The average Bonchev–Trinajstić information content (AvgIpc) is 2.20. The summed E-state index contributed by atoms with van der Waals surface area (Å²) in [5.74, 6) is 2.00. The first-order chi connectivity index (χ1) is 7.32. The van der Waals surface area contributed by atoms with Gasteiger partial charge in [0.05, 0.1) is 6.42 Å². The SMILES string of the molecule is NCCOC(=O)C(CC(=O)ON)S(=O)(=O)O.[H-].[H-].[Na+].[Na+]. The van der Waals surface area contributed by atoms with Crippen molar-refractivity contribution in [3.8, 4) is 0 Å². The van der Waals surface area contributed by atoms with Gasteiger partial charge in [0.2, 0.25) is 0 Å². The van der Waals surface area contributed by atoms with Crippen LogP contribution in [-0.2, 0) is 29.3 Å². The smallest absolute Gasteiger partial charge is 1.00 e. The van der Waals surface area contributed by atoms with Crippen LogP contribution in [-0.4, -0.2) is 43.3 Å². The molecule has 0 aromatic carbocycles. The van der Waals surface area contributed by atoms with Crippen LogP contribution in [0.4, 0.5) is 0 Å². The van der Waals surface area contributed by atoms with Crippen molar-refractivity contribution in [3.05, 3.63) is 0 Å². The van der Waals surface area contributed by atoms with E-state index in [1.54, 1.807) is 0 Å². The van der Waals surface area contributed by atoms with Gasteiger partial charge >= 0.3 is 71.1 Å². The second kappa shape index (κ2) is 11.6. The van der Waals surface area contributed by atoms with Gasteiger partial charge in [-0.3, -0.25) is 14.1 Å². The van der Waals surface area contributed by atoms with Crippen LogP contribution in [0, 0.1) is 0 Å². The molecule has 0 aliphatic heterocycles. The van der Waals surface area contributed by atoms with Crippen molar-refractivity contribution in [3.63, 3.8) is 0 Å². The van der Waals surface area contributed by atoms with Gasteiger partial charge in [0, 0.05) is 6.54 Å². The second-order valence-corrected chi connectivity index (χ2v) is 4.25. The molecule has 0 bridgehead atoms. The summed E-state index contributed by atoms with van der Waals surface area (Å²) in [5.41, 5.74) is 5.01. The van der Waals surface area contributed by atoms with Crippen molar-refractivity contribution in [2.24, 2.45) is 11.6 Å². The number of hydrogen-bond acceptors (Lipinski definition) is 8. The number of esters is 1. The summed E-state index contributed by atoms with van der Waals surface area (Å²) in [4.78, 5) is 25.5. The molecule has 0 saturated heterocycles. The quantitative estimate of drug-likeness (QED) is 0.187. The van der Waals surface area contributed by atoms with Gasteiger partial charge in [0.25, 0.3) is 10.1 Å². The van der Waals surface area contributed by atoms with Crippen LogP contribution in [0.15, 0.2) is 0 Å². The van der Waals surface area contributed by atoms with Gasteiger partial charge in [-0.1, -0.05) is 0 Å². The predicted molar refractivity (Wildman–Crippen MR) is 52.5 cm³/mol. The van der Waals surface area contributed by atoms with E-state index in [9.17, 15) is 18.0 Å². The maximum atomic E-state index is 11.1.